The number of alkyl halides is 1. The summed E-state index contributed by atoms with van der Waals surface area (Å²) in [6, 6.07) is 0.642. The van der Waals surface area contributed by atoms with Crippen LogP contribution in [-0.4, -0.2) is 53.6 Å². The van der Waals surface area contributed by atoms with Crippen LogP contribution in [0.3, 0.4) is 0 Å². The highest BCUT2D eigenvalue weighted by atomic mass is 35.5. The number of hydrogen-bond acceptors (Lipinski definition) is 3. The van der Waals surface area contributed by atoms with Gasteiger partial charge in [0.05, 0.1) is 0 Å². The van der Waals surface area contributed by atoms with E-state index in [9.17, 15) is 0 Å². The van der Waals surface area contributed by atoms with Gasteiger partial charge in [0.25, 0.3) is 0 Å². The standard InChI is InChI=1S/C12H20ClN3/c1-10-5-4-7-16(12(10)13)15-8-6-11(9-15)14(2)3/h4-5,7,11-12H,6,8-9H2,1-3H3/t11-,12?/m0/s1. The first-order valence-corrected chi connectivity index (χ1v) is 6.22. The summed E-state index contributed by atoms with van der Waals surface area (Å²) in [5.74, 6) is 0. The number of halogens is 1. The first-order valence-electron chi connectivity index (χ1n) is 5.78. The number of hydrazine groups is 1. The Morgan fingerprint density at radius 1 is 1.44 bits per heavy atom. The average Bonchev–Trinajstić information content (AvgIpc) is 2.71. The smallest absolute Gasteiger partial charge is 0.139 e. The van der Waals surface area contributed by atoms with Gasteiger partial charge in [0.1, 0.15) is 5.50 Å². The summed E-state index contributed by atoms with van der Waals surface area (Å²) >= 11 is 6.39. The van der Waals surface area contributed by atoms with Crippen molar-refractivity contribution in [1.29, 1.82) is 0 Å². The predicted molar refractivity (Wildman–Crippen MR) is 68.0 cm³/mol. The molecule has 16 heavy (non-hydrogen) atoms. The van der Waals surface area contributed by atoms with Crippen molar-refractivity contribution in [2.75, 3.05) is 27.2 Å². The third kappa shape index (κ3) is 2.26. The molecule has 1 saturated heterocycles. The van der Waals surface area contributed by atoms with Gasteiger partial charge < -0.3 is 4.90 Å². The van der Waals surface area contributed by atoms with Gasteiger partial charge in [0, 0.05) is 25.3 Å². The minimum Gasteiger partial charge on any atom is -0.305 e. The Hall–Kier alpha value is -0.510. The zero-order chi connectivity index (χ0) is 11.7. The molecule has 2 atom stereocenters. The van der Waals surface area contributed by atoms with Crippen LogP contribution in [0.4, 0.5) is 0 Å². The highest BCUT2D eigenvalue weighted by Crippen LogP contribution is 2.25. The fourth-order valence-electron chi connectivity index (χ4n) is 2.24. The van der Waals surface area contributed by atoms with E-state index in [0.29, 0.717) is 6.04 Å². The van der Waals surface area contributed by atoms with Crippen LogP contribution in [0.25, 0.3) is 0 Å². The maximum absolute atomic E-state index is 6.39. The van der Waals surface area contributed by atoms with Crippen LogP contribution in [0.5, 0.6) is 0 Å². The van der Waals surface area contributed by atoms with Gasteiger partial charge in [0.15, 0.2) is 0 Å². The van der Waals surface area contributed by atoms with Crippen LogP contribution in [-0.2, 0) is 0 Å². The Kier molecular flexibility index (Phi) is 3.57. The molecule has 2 aliphatic heterocycles. The third-order valence-electron chi connectivity index (χ3n) is 3.40. The lowest BCUT2D eigenvalue weighted by Gasteiger charge is -2.36. The molecule has 4 heteroatoms. The molecule has 0 radical (unpaired) electrons. The van der Waals surface area contributed by atoms with Crippen molar-refractivity contribution in [3.63, 3.8) is 0 Å². The zero-order valence-electron chi connectivity index (χ0n) is 10.2. The maximum atomic E-state index is 6.39. The van der Waals surface area contributed by atoms with Crippen LogP contribution >= 0.6 is 11.6 Å². The second-order valence-electron chi connectivity index (χ2n) is 4.79. The van der Waals surface area contributed by atoms with Gasteiger partial charge in [-0.25, -0.2) is 5.01 Å². The van der Waals surface area contributed by atoms with Crippen molar-refractivity contribution in [2.45, 2.75) is 24.9 Å². The highest BCUT2D eigenvalue weighted by Gasteiger charge is 2.30. The molecule has 0 aromatic carbocycles. The van der Waals surface area contributed by atoms with E-state index in [1.165, 1.54) is 12.0 Å². The Bertz CT molecular complexity index is 311. The molecule has 0 aromatic heterocycles. The molecule has 0 amide bonds. The van der Waals surface area contributed by atoms with E-state index in [2.05, 4.69) is 54.3 Å². The number of likely N-dealkylation sites (N-methyl/N-ethyl adjacent to an activating group) is 1. The molecule has 0 bridgehead atoms. The van der Waals surface area contributed by atoms with E-state index < -0.39 is 0 Å². The number of rotatable bonds is 2. The van der Waals surface area contributed by atoms with Crippen LogP contribution in [0.15, 0.2) is 23.9 Å². The summed E-state index contributed by atoms with van der Waals surface area (Å²) < 4.78 is 0. The Morgan fingerprint density at radius 3 is 2.81 bits per heavy atom. The predicted octanol–water partition coefficient (Wildman–Crippen LogP) is 1.88. The molecular weight excluding hydrogens is 222 g/mol. The third-order valence-corrected chi connectivity index (χ3v) is 3.95. The summed E-state index contributed by atoms with van der Waals surface area (Å²) in [5, 5.41) is 4.50. The molecule has 0 aromatic rings. The topological polar surface area (TPSA) is 9.72 Å². The van der Waals surface area contributed by atoms with E-state index in [1.54, 1.807) is 0 Å². The molecule has 90 valence electrons. The van der Waals surface area contributed by atoms with Gasteiger partial charge in [-0.05, 0) is 39.1 Å². The number of allylic oxidation sites excluding steroid dienone is 2. The fourth-order valence-corrected chi connectivity index (χ4v) is 2.50. The second-order valence-corrected chi connectivity index (χ2v) is 5.20. The van der Waals surface area contributed by atoms with Gasteiger partial charge in [-0.15, -0.1) is 0 Å². The van der Waals surface area contributed by atoms with Gasteiger partial charge in [0.2, 0.25) is 0 Å². The summed E-state index contributed by atoms with van der Waals surface area (Å²) in [4.78, 5) is 2.29. The van der Waals surface area contributed by atoms with Crippen LogP contribution < -0.4 is 0 Å². The highest BCUT2D eigenvalue weighted by molar-refractivity contribution is 6.22. The second kappa shape index (κ2) is 4.78. The molecular formula is C12H20ClN3. The minimum absolute atomic E-state index is 0.0223. The lowest BCUT2D eigenvalue weighted by Crippen LogP contribution is -2.44. The van der Waals surface area contributed by atoms with Crippen molar-refractivity contribution in [3.05, 3.63) is 23.9 Å². The average molecular weight is 242 g/mol. The molecule has 3 nitrogen and oxygen atoms in total. The van der Waals surface area contributed by atoms with Gasteiger partial charge in [-0.3, -0.25) is 5.01 Å². The summed E-state index contributed by atoms with van der Waals surface area (Å²) in [6.45, 7) is 4.23. The van der Waals surface area contributed by atoms with Crippen molar-refractivity contribution >= 4 is 11.6 Å². The molecule has 2 heterocycles. The summed E-state index contributed by atoms with van der Waals surface area (Å²) in [7, 11) is 4.28. The van der Waals surface area contributed by atoms with Crippen molar-refractivity contribution < 1.29 is 0 Å². The Balaban J connectivity index is 2.00. The number of hydrogen-bond donors (Lipinski definition) is 0. The molecule has 0 spiro atoms. The molecule has 1 fully saturated rings. The van der Waals surface area contributed by atoms with Crippen LogP contribution in [0.2, 0.25) is 0 Å². The van der Waals surface area contributed by atoms with Gasteiger partial charge >= 0.3 is 0 Å². The van der Waals surface area contributed by atoms with E-state index in [1.807, 2.05) is 0 Å². The monoisotopic (exact) mass is 241 g/mol. The first kappa shape index (κ1) is 12.0. The summed E-state index contributed by atoms with van der Waals surface area (Å²) in [6.07, 6.45) is 7.43. The molecule has 0 saturated carbocycles. The molecule has 1 unspecified atom stereocenters. The van der Waals surface area contributed by atoms with E-state index in [4.69, 9.17) is 11.6 Å². The zero-order valence-corrected chi connectivity index (χ0v) is 11.0. The Labute approximate surface area is 103 Å². The van der Waals surface area contributed by atoms with Gasteiger partial charge in [-0.1, -0.05) is 17.7 Å². The van der Waals surface area contributed by atoms with Crippen LogP contribution in [0.1, 0.15) is 13.3 Å². The molecule has 2 aliphatic rings. The summed E-state index contributed by atoms with van der Waals surface area (Å²) in [5.41, 5.74) is 1.18. The molecule has 0 N–H and O–H groups in total. The molecule has 0 aliphatic carbocycles. The van der Waals surface area contributed by atoms with Crippen LogP contribution in [0, 0.1) is 0 Å². The SMILES string of the molecule is CC1=CC=CN(N2CC[C@H](N(C)C)C2)C1Cl. The largest absolute Gasteiger partial charge is 0.305 e. The van der Waals surface area contributed by atoms with Gasteiger partial charge in [-0.2, -0.15) is 0 Å². The lowest BCUT2D eigenvalue weighted by atomic mass is 10.2. The first-order chi connectivity index (χ1) is 7.59. The maximum Gasteiger partial charge on any atom is 0.139 e. The minimum atomic E-state index is -0.0223. The lowest BCUT2D eigenvalue weighted by molar-refractivity contribution is 0.0367. The quantitative estimate of drug-likeness (QED) is 0.540. The van der Waals surface area contributed by atoms with Crippen molar-refractivity contribution in [1.82, 2.24) is 14.9 Å². The van der Waals surface area contributed by atoms with E-state index in [-0.39, 0.29) is 5.50 Å². The Morgan fingerprint density at radius 2 is 2.19 bits per heavy atom. The van der Waals surface area contributed by atoms with E-state index in [0.717, 1.165) is 13.1 Å². The number of nitrogens with zero attached hydrogens (tertiary/aromatic N) is 3. The van der Waals surface area contributed by atoms with Crippen molar-refractivity contribution in [3.8, 4) is 0 Å². The fraction of sp³-hybridized carbons (Fsp3) is 0.667. The van der Waals surface area contributed by atoms with E-state index >= 15 is 0 Å². The molecule has 2 rings (SSSR count). The normalized spacial score (nSPS) is 31.3. The van der Waals surface area contributed by atoms with Crippen molar-refractivity contribution in [2.24, 2.45) is 0 Å².